The molecule has 0 aromatic carbocycles. The summed E-state index contributed by atoms with van der Waals surface area (Å²) in [5.74, 6) is 0.334. The zero-order valence-electron chi connectivity index (χ0n) is 9.56. The number of carbonyl (C=O) groups is 1. The molecular formula is C13H14N2O2. The fourth-order valence-electron chi connectivity index (χ4n) is 1.92. The summed E-state index contributed by atoms with van der Waals surface area (Å²) in [6.45, 7) is 0.482. The molecule has 0 bridgehead atoms. The minimum Gasteiger partial charge on any atom is -0.374 e. The standard InChI is InChI=1S/C13H14N2O2/c14-8-11-7-10(5-6-15-11)9-17-13-3-1-12(16)2-4-13/h5-7,13H,1-4,9H2. The second kappa shape index (κ2) is 5.55. The number of nitriles is 1. The van der Waals surface area contributed by atoms with Gasteiger partial charge in [0.15, 0.2) is 0 Å². The molecule has 1 fully saturated rings. The Balaban J connectivity index is 1.85. The summed E-state index contributed by atoms with van der Waals surface area (Å²) in [6.07, 6.45) is 4.67. The number of hydrogen-bond acceptors (Lipinski definition) is 4. The first-order valence-corrected chi connectivity index (χ1v) is 5.76. The van der Waals surface area contributed by atoms with Gasteiger partial charge in [0.2, 0.25) is 0 Å². The molecule has 1 aromatic heterocycles. The summed E-state index contributed by atoms with van der Waals surface area (Å²) in [5, 5.41) is 8.72. The van der Waals surface area contributed by atoms with Crippen LogP contribution in [0.15, 0.2) is 18.3 Å². The normalized spacial score (nSPS) is 16.8. The summed E-state index contributed by atoms with van der Waals surface area (Å²) in [6, 6.07) is 5.57. The number of Topliss-reactive ketones (excluding diaryl/α,β-unsaturated/α-hetero) is 1. The lowest BCUT2D eigenvalue weighted by Gasteiger charge is -2.21. The van der Waals surface area contributed by atoms with Crippen molar-refractivity contribution in [3.8, 4) is 6.07 Å². The second-order valence-electron chi connectivity index (χ2n) is 4.21. The molecule has 1 heterocycles. The fourth-order valence-corrected chi connectivity index (χ4v) is 1.92. The van der Waals surface area contributed by atoms with Crippen molar-refractivity contribution >= 4 is 5.78 Å². The summed E-state index contributed by atoms with van der Waals surface area (Å²) in [7, 11) is 0. The molecule has 2 rings (SSSR count). The monoisotopic (exact) mass is 230 g/mol. The zero-order valence-corrected chi connectivity index (χ0v) is 9.56. The van der Waals surface area contributed by atoms with Gasteiger partial charge in [-0.2, -0.15) is 5.26 Å². The molecule has 1 aliphatic rings. The Bertz CT molecular complexity index is 441. The first-order chi connectivity index (χ1) is 8.28. The molecule has 17 heavy (non-hydrogen) atoms. The Morgan fingerprint density at radius 2 is 2.24 bits per heavy atom. The van der Waals surface area contributed by atoms with E-state index in [4.69, 9.17) is 10.00 Å². The summed E-state index contributed by atoms with van der Waals surface area (Å²) >= 11 is 0. The Morgan fingerprint density at radius 3 is 2.94 bits per heavy atom. The maximum atomic E-state index is 11.1. The van der Waals surface area contributed by atoms with Gasteiger partial charge in [-0.3, -0.25) is 4.79 Å². The van der Waals surface area contributed by atoms with Gasteiger partial charge in [-0.25, -0.2) is 4.98 Å². The van der Waals surface area contributed by atoms with E-state index in [-0.39, 0.29) is 6.10 Å². The van der Waals surface area contributed by atoms with Crippen LogP contribution in [0.4, 0.5) is 0 Å². The van der Waals surface area contributed by atoms with E-state index in [0.29, 0.717) is 30.9 Å². The Hall–Kier alpha value is -1.73. The van der Waals surface area contributed by atoms with Crippen LogP contribution in [0, 0.1) is 11.3 Å². The van der Waals surface area contributed by atoms with Gasteiger partial charge in [-0.15, -0.1) is 0 Å². The summed E-state index contributed by atoms with van der Waals surface area (Å²) in [4.78, 5) is 15.0. The van der Waals surface area contributed by atoms with E-state index >= 15 is 0 Å². The first-order valence-electron chi connectivity index (χ1n) is 5.76. The van der Waals surface area contributed by atoms with E-state index in [1.807, 2.05) is 12.1 Å². The van der Waals surface area contributed by atoms with Crippen molar-refractivity contribution in [3.63, 3.8) is 0 Å². The molecule has 0 spiro atoms. The smallest absolute Gasteiger partial charge is 0.140 e. The molecule has 4 nitrogen and oxygen atoms in total. The molecule has 0 unspecified atom stereocenters. The number of hydrogen-bond donors (Lipinski definition) is 0. The van der Waals surface area contributed by atoms with E-state index in [0.717, 1.165) is 18.4 Å². The third kappa shape index (κ3) is 3.36. The molecular weight excluding hydrogens is 216 g/mol. The van der Waals surface area contributed by atoms with Crippen LogP contribution < -0.4 is 0 Å². The van der Waals surface area contributed by atoms with Crippen LogP contribution in [0.5, 0.6) is 0 Å². The summed E-state index contributed by atoms with van der Waals surface area (Å²) in [5.41, 5.74) is 1.36. The molecule has 0 saturated heterocycles. The predicted octanol–water partition coefficient (Wildman–Crippen LogP) is 1.98. The maximum Gasteiger partial charge on any atom is 0.140 e. The largest absolute Gasteiger partial charge is 0.374 e. The number of nitrogens with zero attached hydrogens (tertiary/aromatic N) is 2. The third-order valence-electron chi connectivity index (χ3n) is 2.91. The number of pyridine rings is 1. The quantitative estimate of drug-likeness (QED) is 0.796. The Kier molecular flexibility index (Phi) is 3.84. The topological polar surface area (TPSA) is 63.0 Å². The van der Waals surface area contributed by atoms with Crippen molar-refractivity contribution in [1.82, 2.24) is 4.98 Å². The van der Waals surface area contributed by atoms with Gasteiger partial charge in [0.25, 0.3) is 0 Å². The highest BCUT2D eigenvalue weighted by molar-refractivity contribution is 5.79. The van der Waals surface area contributed by atoms with Crippen molar-refractivity contribution in [3.05, 3.63) is 29.6 Å². The first kappa shape index (κ1) is 11.7. The molecule has 1 aliphatic carbocycles. The van der Waals surface area contributed by atoms with Crippen LogP contribution in [0.1, 0.15) is 36.9 Å². The van der Waals surface area contributed by atoms with Crippen molar-refractivity contribution in [2.45, 2.75) is 38.4 Å². The van der Waals surface area contributed by atoms with Gasteiger partial charge in [0, 0.05) is 19.0 Å². The lowest BCUT2D eigenvalue weighted by Crippen LogP contribution is -2.21. The minimum absolute atomic E-state index is 0.173. The molecule has 88 valence electrons. The number of ketones is 1. The number of rotatable bonds is 3. The lowest BCUT2D eigenvalue weighted by atomic mass is 9.96. The molecule has 0 radical (unpaired) electrons. The fraction of sp³-hybridized carbons (Fsp3) is 0.462. The van der Waals surface area contributed by atoms with Crippen molar-refractivity contribution < 1.29 is 9.53 Å². The van der Waals surface area contributed by atoms with Crippen LogP contribution in [0.25, 0.3) is 0 Å². The SMILES string of the molecule is N#Cc1cc(COC2CCC(=O)CC2)ccn1. The van der Waals surface area contributed by atoms with E-state index in [1.54, 1.807) is 12.3 Å². The van der Waals surface area contributed by atoms with Crippen molar-refractivity contribution in [2.24, 2.45) is 0 Å². The van der Waals surface area contributed by atoms with Crippen LogP contribution in [0.3, 0.4) is 0 Å². The molecule has 1 aromatic rings. The highest BCUT2D eigenvalue weighted by Crippen LogP contribution is 2.19. The van der Waals surface area contributed by atoms with Crippen molar-refractivity contribution in [2.75, 3.05) is 0 Å². The van der Waals surface area contributed by atoms with E-state index in [1.165, 1.54) is 0 Å². The average Bonchev–Trinajstić information content (AvgIpc) is 2.38. The van der Waals surface area contributed by atoms with Crippen LogP contribution in [0.2, 0.25) is 0 Å². The molecule has 0 atom stereocenters. The lowest BCUT2D eigenvalue weighted by molar-refractivity contribution is -0.123. The highest BCUT2D eigenvalue weighted by atomic mass is 16.5. The molecule has 0 aliphatic heterocycles. The number of aromatic nitrogens is 1. The van der Waals surface area contributed by atoms with Crippen LogP contribution >= 0.6 is 0 Å². The summed E-state index contributed by atoms with van der Waals surface area (Å²) < 4.78 is 5.73. The zero-order chi connectivity index (χ0) is 12.1. The van der Waals surface area contributed by atoms with Gasteiger partial charge in [0.05, 0.1) is 12.7 Å². The van der Waals surface area contributed by atoms with Crippen molar-refractivity contribution in [1.29, 1.82) is 5.26 Å². The van der Waals surface area contributed by atoms with E-state index in [9.17, 15) is 4.79 Å². The van der Waals surface area contributed by atoms with Gasteiger partial charge in [-0.1, -0.05) is 0 Å². The van der Waals surface area contributed by atoms with Gasteiger partial charge in [0.1, 0.15) is 17.5 Å². The van der Waals surface area contributed by atoms with Crippen LogP contribution in [-0.4, -0.2) is 16.9 Å². The molecule has 0 amide bonds. The second-order valence-corrected chi connectivity index (χ2v) is 4.21. The molecule has 4 heteroatoms. The predicted molar refractivity (Wildman–Crippen MR) is 61.0 cm³/mol. The Morgan fingerprint density at radius 1 is 1.47 bits per heavy atom. The third-order valence-corrected chi connectivity index (χ3v) is 2.91. The van der Waals surface area contributed by atoms with Gasteiger partial charge < -0.3 is 4.74 Å². The molecule has 0 N–H and O–H groups in total. The minimum atomic E-state index is 0.173. The van der Waals surface area contributed by atoms with E-state index in [2.05, 4.69) is 4.98 Å². The number of carbonyl (C=O) groups excluding carboxylic acids is 1. The van der Waals surface area contributed by atoms with Crippen LogP contribution in [-0.2, 0) is 16.1 Å². The maximum absolute atomic E-state index is 11.1. The van der Waals surface area contributed by atoms with Gasteiger partial charge >= 0.3 is 0 Å². The van der Waals surface area contributed by atoms with Gasteiger partial charge in [-0.05, 0) is 30.5 Å². The highest BCUT2D eigenvalue weighted by Gasteiger charge is 2.18. The molecule has 1 saturated carbocycles. The van der Waals surface area contributed by atoms with E-state index < -0.39 is 0 Å². The number of ether oxygens (including phenoxy) is 1. The average molecular weight is 230 g/mol. The Labute approximate surface area is 100 Å².